The first-order valence-corrected chi connectivity index (χ1v) is 9.01. The monoisotopic (exact) mass is 358 g/mol. The molecule has 0 aromatic heterocycles. The van der Waals surface area contributed by atoms with Crippen molar-refractivity contribution in [3.63, 3.8) is 0 Å². The molecule has 0 bridgehead atoms. The van der Waals surface area contributed by atoms with Gasteiger partial charge in [-0.05, 0) is 43.0 Å². The Labute approximate surface area is 152 Å². The summed E-state index contributed by atoms with van der Waals surface area (Å²) >= 11 is 1.61. The zero-order valence-electron chi connectivity index (χ0n) is 14.8. The Kier molecular flexibility index (Phi) is 6.47. The Balaban J connectivity index is 2.05. The van der Waals surface area contributed by atoms with E-state index in [1.807, 2.05) is 24.5 Å². The molecule has 0 unspecified atom stereocenters. The summed E-state index contributed by atoms with van der Waals surface area (Å²) < 4.78 is 5.38. The van der Waals surface area contributed by atoms with Gasteiger partial charge in [-0.15, -0.1) is 11.8 Å². The molecule has 0 aliphatic rings. The largest absolute Gasteiger partial charge is 0.496 e. The minimum absolute atomic E-state index is 0.0366. The molecule has 5 nitrogen and oxygen atoms in total. The van der Waals surface area contributed by atoms with Gasteiger partial charge in [0.05, 0.1) is 7.11 Å². The predicted molar refractivity (Wildman–Crippen MR) is 102 cm³/mol. The number of ether oxygens (including phenoxy) is 1. The van der Waals surface area contributed by atoms with Crippen molar-refractivity contribution in [1.29, 1.82) is 0 Å². The van der Waals surface area contributed by atoms with Crippen LogP contribution in [0.5, 0.6) is 5.75 Å². The number of Topliss-reactive ketones (excluding diaryl/α,β-unsaturated/α-hetero) is 1. The molecule has 132 valence electrons. The number of nitrogens with zero attached hydrogens (tertiary/aromatic N) is 1. The van der Waals surface area contributed by atoms with Gasteiger partial charge in [-0.25, -0.2) is 4.79 Å². The standard InChI is InChI=1S/C19H22N2O3S/c1-13(22)15-6-5-7-16(11-15)20-19(23)21(2)12-14-8-9-18(25-4)17(10-14)24-3/h5-11H,12H2,1-4H3,(H,20,23). The van der Waals surface area contributed by atoms with Crippen LogP contribution in [0.25, 0.3) is 0 Å². The van der Waals surface area contributed by atoms with E-state index in [1.165, 1.54) is 6.92 Å². The molecule has 2 aromatic carbocycles. The van der Waals surface area contributed by atoms with E-state index in [9.17, 15) is 9.59 Å². The Bertz CT molecular complexity index is 777. The number of hydrogen-bond donors (Lipinski definition) is 1. The zero-order chi connectivity index (χ0) is 18.4. The number of carbonyl (C=O) groups is 2. The second-order valence-electron chi connectivity index (χ2n) is 5.61. The number of hydrogen-bond acceptors (Lipinski definition) is 4. The Morgan fingerprint density at radius 2 is 1.96 bits per heavy atom. The molecule has 0 heterocycles. The molecule has 0 saturated carbocycles. The number of methoxy groups -OCH3 is 1. The summed E-state index contributed by atoms with van der Waals surface area (Å²) in [5.41, 5.74) is 2.14. The third kappa shape index (κ3) is 5.00. The van der Waals surface area contributed by atoms with Crippen molar-refractivity contribution in [2.75, 3.05) is 25.7 Å². The molecule has 0 radical (unpaired) electrons. The second kappa shape index (κ2) is 8.58. The van der Waals surface area contributed by atoms with E-state index >= 15 is 0 Å². The summed E-state index contributed by atoms with van der Waals surface area (Å²) in [6.07, 6.45) is 1.99. The van der Waals surface area contributed by atoms with Crippen LogP contribution in [-0.2, 0) is 6.54 Å². The van der Waals surface area contributed by atoms with E-state index in [4.69, 9.17) is 4.74 Å². The maximum absolute atomic E-state index is 12.4. The van der Waals surface area contributed by atoms with Crippen LogP contribution in [0.3, 0.4) is 0 Å². The first kappa shape index (κ1) is 18.9. The van der Waals surface area contributed by atoms with Gasteiger partial charge in [-0.2, -0.15) is 0 Å². The van der Waals surface area contributed by atoms with Crippen molar-refractivity contribution in [2.45, 2.75) is 18.4 Å². The summed E-state index contributed by atoms with van der Waals surface area (Å²) in [5, 5.41) is 2.81. The molecule has 25 heavy (non-hydrogen) atoms. The van der Waals surface area contributed by atoms with Gasteiger partial charge >= 0.3 is 6.03 Å². The molecule has 0 saturated heterocycles. The topological polar surface area (TPSA) is 58.6 Å². The lowest BCUT2D eigenvalue weighted by molar-refractivity contribution is 0.101. The number of anilines is 1. The smallest absolute Gasteiger partial charge is 0.321 e. The quantitative estimate of drug-likeness (QED) is 0.618. The Morgan fingerprint density at radius 3 is 2.60 bits per heavy atom. The normalized spacial score (nSPS) is 10.2. The minimum atomic E-state index is -0.242. The van der Waals surface area contributed by atoms with Crippen molar-refractivity contribution in [2.24, 2.45) is 0 Å². The van der Waals surface area contributed by atoms with Gasteiger partial charge in [0.1, 0.15) is 5.75 Å². The number of carbonyl (C=O) groups excluding carboxylic acids is 2. The lowest BCUT2D eigenvalue weighted by Gasteiger charge is -2.19. The van der Waals surface area contributed by atoms with Crippen LogP contribution < -0.4 is 10.1 Å². The van der Waals surface area contributed by atoms with Crippen molar-refractivity contribution in [3.8, 4) is 5.75 Å². The first-order valence-electron chi connectivity index (χ1n) is 7.78. The average molecular weight is 358 g/mol. The molecule has 2 aromatic rings. The average Bonchev–Trinajstić information content (AvgIpc) is 2.61. The second-order valence-corrected chi connectivity index (χ2v) is 6.46. The molecule has 0 atom stereocenters. The zero-order valence-corrected chi connectivity index (χ0v) is 15.6. The minimum Gasteiger partial charge on any atom is -0.496 e. The molecular formula is C19H22N2O3S. The number of benzene rings is 2. The Hall–Kier alpha value is -2.47. The highest BCUT2D eigenvalue weighted by Crippen LogP contribution is 2.28. The van der Waals surface area contributed by atoms with Crippen LogP contribution in [0.15, 0.2) is 47.4 Å². The third-order valence-corrected chi connectivity index (χ3v) is 4.51. The molecule has 0 aliphatic carbocycles. The molecule has 6 heteroatoms. The molecule has 2 amide bonds. The van der Waals surface area contributed by atoms with E-state index in [1.54, 1.807) is 55.1 Å². The molecule has 1 N–H and O–H groups in total. The number of urea groups is 1. The molecule has 0 spiro atoms. The highest BCUT2D eigenvalue weighted by atomic mass is 32.2. The fraction of sp³-hybridized carbons (Fsp3) is 0.263. The van der Waals surface area contributed by atoms with E-state index in [0.717, 1.165) is 16.2 Å². The highest BCUT2D eigenvalue weighted by molar-refractivity contribution is 7.98. The molecule has 0 fully saturated rings. The summed E-state index contributed by atoms with van der Waals surface area (Å²) in [6.45, 7) is 1.95. The first-order chi connectivity index (χ1) is 11.9. The van der Waals surface area contributed by atoms with Crippen LogP contribution in [0.4, 0.5) is 10.5 Å². The van der Waals surface area contributed by atoms with Gasteiger partial charge in [0.2, 0.25) is 0 Å². The van der Waals surface area contributed by atoms with Gasteiger partial charge in [-0.3, -0.25) is 4.79 Å². The number of amides is 2. The molecule has 2 rings (SSSR count). The fourth-order valence-electron chi connectivity index (χ4n) is 2.36. The Morgan fingerprint density at radius 1 is 1.20 bits per heavy atom. The molecule has 0 aliphatic heterocycles. The maximum atomic E-state index is 12.4. The van der Waals surface area contributed by atoms with E-state index in [2.05, 4.69) is 5.32 Å². The third-order valence-electron chi connectivity index (χ3n) is 3.73. The van der Waals surface area contributed by atoms with Gasteiger partial charge < -0.3 is 15.0 Å². The SMILES string of the molecule is COc1cc(CN(C)C(=O)Nc2cccc(C(C)=O)c2)ccc1SC. The summed E-state index contributed by atoms with van der Waals surface area (Å²) in [4.78, 5) is 26.4. The predicted octanol–water partition coefficient (Wildman–Crippen LogP) is 4.28. The fourth-order valence-corrected chi connectivity index (χ4v) is 2.91. The van der Waals surface area contributed by atoms with Crippen LogP contribution in [-0.4, -0.2) is 37.1 Å². The number of ketones is 1. The van der Waals surface area contributed by atoms with Crippen molar-refractivity contribution < 1.29 is 14.3 Å². The van der Waals surface area contributed by atoms with E-state index in [0.29, 0.717) is 17.8 Å². The summed E-state index contributed by atoms with van der Waals surface area (Å²) in [6, 6.07) is 12.6. The van der Waals surface area contributed by atoms with Crippen LogP contribution >= 0.6 is 11.8 Å². The van der Waals surface area contributed by atoms with Gasteiger partial charge in [0.25, 0.3) is 0 Å². The van der Waals surface area contributed by atoms with E-state index in [-0.39, 0.29) is 11.8 Å². The maximum Gasteiger partial charge on any atom is 0.321 e. The van der Waals surface area contributed by atoms with Crippen LogP contribution in [0.2, 0.25) is 0 Å². The van der Waals surface area contributed by atoms with Crippen LogP contribution in [0.1, 0.15) is 22.8 Å². The van der Waals surface area contributed by atoms with Gasteiger partial charge in [0, 0.05) is 29.7 Å². The van der Waals surface area contributed by atoms with Gasteiger partial charge in [-0.1, -0.05) is 18.2 Å². The van der Waals surface area contributed by atoms with Crippen molar-refractivity contribution in [3.05, 3.63) is 53.6 Å². The van der Waals surface area contributed by atoms with Crippen molar-refractivity contribution >= 4 is 29.3 Å². The van der Waals surface area contributed by atoms with E-state index < -0.39 is 0 Å². The summed E-state index contributed by atoms with van der Waals surface area (Å²) in [5.74, 6) is 0.762. The van der Waals surface area contributed by atoms with Crippen LogP contribution in [0, 0.1) is 0 Å². The lowest BCUT2D eigenvalue weighted by atomic mass is 10.1. The van der Waals surface area contributed by atoms with Crippen molar-refractivity contribution in [1.82, 2.24) is 4.90 Å². The number of nitrogens with one attached hydrogen (secondary N) is 1. The number of rotatable bonds is 6. The van der Waals surface area contributed by atoms with Gasteiger partial charge in [0.15, 0.2) is 5.78 Å². The number of thioether (sulfide) groups is 1. The highest BCUT2D eigenvalue weighted by Gasteiger charge is 2.12. The molecular weight excluding hydrogens is 336 g/mol. The lowest BCUT2D eigenvalue weighted by Crippen LogP contribution is -2.30. The summed E-state index contributed by atoms with van der Waals surface area (Å²) in [7, 11) is 3.36.